The van der Waals surface area contributed by atoms with E-state index in [9.17, 15) is 10.1 Å². The van der Waals surface area contributed by atoms with Crippen LogP contribution in [0.3, 0.4) is 0 Å². The first-order chi connectivity index (χ1) is 11.1. The Balaban J connectivity index is 2.00. The lowest BCUT2D eigenvalue weighted by molar-refractivity contribution is -0.384. The van der Waals surface area contributed by atoms with Crippen molar-refractivity contribution >= 4 is 23.0 Å². The Kier molecular flexibility index (Phi) is 4.61. The molecule has 120 valence electrons. The number of piperazine rings is 1. The molecule has 1 fully saturated rings. The summed E-state index contributed by atoms with van der Waals surface area (Å²) in [4.78, 5) is 10.5. The quantitative estimate of drug-likeness (QED) is 0.530. The molecule has 0 unspecified atom stereocenters. The molecule has 1 N–H and O–H groups in total. The number of nitro benzene ring substituents is 1. The van der Waals surface area contributed by atoms with Gasteiger partial charge in [0.2, 0.25) is 0 Å². The predicted octanol–water partition coefficient (Wildman–Crippen LogP) is 3.36. The number of nitrogens with one attached hydrogen (secondary N) is 1. The van der Waals surface area contributed by atoms with Crippen molar-refractivity contribution in [1.29, 1.82) is 0 Å². The van der Waals surface area contributed by atoms with E-state index in [1.807, 2.05) is 24.3 Å². The molecule has 1 aliphatic rings. The van der Waals surface area contributed by atoms with Gasteiger partial charge in [-0.25, -0.2) is 0 Å². The summed E-state index contributed by atoms with van der Waals surface area (Å²) in [5.41, 5.74) is 2.23. The van der Waals surface area contributed by atoms with E-state index in [-0.39, 0.29) is 5.69 Å². The zero-order chi connectivity index (χ0) is 16.3. The maximum Gasteiger partial charge on any atom is 0.271 e. The minimum absolute atomic E-state index is 0.0340. The molecule has 6 heteroatoms. The number of hydrogen-bond donors (Lipinski definition) is 1. The van der Waals surface area contributed by atoms with Gasteiger partial charge in [-0.05, 0) is 0 Å². The number of non-ortho nitro benzene ring substituents is 1. The first-order valence-electron chi connectivity index (χ1n) is 7.66. The number of hydrogen-bond acceptors (Lipinski definition) is 3. The average Bonchev–Trinajstić information content (AvgIpc) is 2.56. The van der Waals surface area contributed by atoms with Gasteiger partial charge in [0, 0.05) is 36.9 Å². The van der Waals surface area contributed by atoms with Gasteiger partial charge in [-0.3, -0.25) is 14.6 Å². The molecule has 0 radical (unpaired) electrons. The molecule has 0 bridgehead atoms. The highest BCUT2D eigenvalue weighted by atomic mass is 35.5. The van der Waals surface area contributed by atoms with Gasteiger partial charge in [0.05, 0.1) is 18.0 Å². The first kappa shape index (κ1) is 15.9. The standard InChI is InChI=1S/C17H19ClN3O2/c18-16-12-15(20(22)23)6-7-17(16)21(10-8-19-9-11-21)13-14-4-2-1-3-5-14/h1-7,12,19H,8-11,13H2/q+1. The van der Waals surface area contributed by atoms with Crippen LogP contribution in [0.2, 0.25) is 5.02 Å². The molecular weight excluding hydrogens is 314 g/mol. The van der Waals surface area contributed by atoms with E-state index in [1.54, 1.807) is 6.07 Å². The average molecular weight is 333 g/mol. The first-order valence-corrected chi connectivity index (χ1v) is 8.04. The fourth-order valence-electron chi connectivity index (χ4n) is 3.23. The molecule has 0 amide bonds. The van der Waals surface area contributed by atoms with E-state index in [0.717, 1.165) is 38.4 Å². The molecule has 1 saturated heterocycles. The van der Waals surface area contributed by atoms with E-state index in [4.69, 9.17) is 11.6 Å². The third-order valence-corrected chi connectivity index (χ3v) is 4.72. The molecule has 1 aliphatic heterocycles. The zero-order valence-electron chi connectivity index (χ0n) is 12.7. The summed E-state index contributed by atoms with van der Waals surface area (Å²) in [7, 11) is 0. The normalized spacial score (nSPS) is 16.9. The van der Waals surface area contributed by atoms with Gasteiger partial charge >= 0.3 is 0 Å². The maximum atomic E-state index is 10.9. The molecule has 0 saturated carbocycles. The number of halogens is 1. The summed E-state index contributed by atoms with van der Waals surface area (Å²) in [5, 5.41) is 14.8. The lowest BCUT2D eigenvalue weighted by Crippen LogP contribution is -2.59. The van der Waals surface area contributed by atoms with Crippen molar-refractivity contribution in [3.05, 3.63) is 69.2 Å². The highest BCUT2D eigenvalue weighted by Gasteiger charge is 2.35. The van der Waals surface area contributed by atoms with Crippen molar-refractivity contribution in [3.63, 3.8) is 0 Å². The van der Waals surface area contributed by atoms with Crippen LogP contribution in [-0.2, 0) is 6.54 Å². The van der Waals surface area contributed by atoms with Crippen LogP contribution in [0.1, 0.15) is 5.56 Å². The molecule has 3 rings (SSSR count). The number of quaternary nitrogens is 1. The number of rotatable bonds is 4. The van der Waals surface area contributed by atoms with Gasteiger partial charge in [-0.2, -0.15) is 0 Å². The zero-order valence-corrected chi connectivity index (χ0v) is 13.5. The molecule has 0 spiro atoms. The number of benzene rings is 2. The van der Waals surface area contributed by atoms with Crippen molar-refractivity contribution < 1.29 is 4.92 Å². The molecule has 23 heavy (non-hydrogen) atoms. The van der Waals surface area contributed by atoms with Gasteiger partial charge in [-0.15, -0.1) is 0 Å². The summed E-state index contributed by atoms with van der Waals surface area (Å²) in [6.07, 6.45) is 0. The van der Waals surface area contributed by atoms with Crippen LogP contribution < -0.4 is 9.80 Å². The molecular formula is C17H19ClN3O2+. The summed E-state index contributed by atoms with van der Waals surface area (Å²) in [6, 6.07) is 15.1. The SMILES string of the molecule is O=[N+]([O-])c1ccc([N+]2(Cc3ccccc3)CCNCC2)c(Cl)c1. The molecule has 2 aromatic carbocycles. The molecule has 0 aromatic heterocycles. The predicted molar refractivity (Wildman–Crippen MR) is 92.7 cm³/mol. The topological polar surface area (TPSA) is 55.2 Å². The van der Waals surface area contributed by atoms with Crippen LogP contribution in [-0.4, -0.2) is 31.1 Å². The largest absolute Gasteiger partial charge is 0.306 e. The van der Waals surface area contributed by atoms with E-state index in [0.29, 0.717) is 9.51 Å². The highest BCUT2D eigenvalue weighted by molar-refractivity contribution is 6.33. The van der Waals surface area contributed by atoms with E-state index < -0.39 is 4.92 Å². The Morgan fingerprint density at radius 3 is 2.43 bits per heavy atom. The summed E-state index contributed by atoms with van der Waals surface area (Å²) in [6.45, 7) is 4.46. The third-order valence-electron chi connectivity index (χ3n) is 4.41. The second kappa shape index (κ2) is 6.66. The van der Waals surface area contributed by atoms with Crippen LogP contribution >= 0.6 is 11.6 Å². The Hall–Kier alpha value is -1.95. The van der Waals surface area contributed by atoms with Crippen molar-refractivity contribution in [2.24, 2.45) is 0 Å². The minimum Gasteiger partial charge on any atom is -0.306 e. The Bertz CT molecular complexity index is 700. The van der Waals surface area contributed by atoms with Gasteiger partial charge in [0.25, 0.3) is 5.69 Å². The van der Waals surface area contributed by atoms with E-state index in [1.165, 1.54) is 11.6 Å². The summed E-state index contributed by atoms with van der Waals surface area (Å²) >= 11 is 6.42. The fraction of sp³-hybridized carbons (Fsp3) is 0.294. The van der Waals surface area contributed by atoms with Crippen molar-refractivity contribution in [2.75, 3.05) is 26.2 Å². The lowest BCUT2D eigenvalue weighted by atomic mass is 10.1. The van der Waals surface area contributed by atoms with Gasteiger partial charge in [0.1, 0.15) is 11.6 Å². The number of nitro groups is 1. The molecule has 5 nitrogen and oxygen atoms in total. The summed E-state index contributed by atoms with van der Waals surface area (Å²) in [5.74, 6) is 0. The fourth-order valence-corrected chi connectivity index (χ4v) is 3.59. The molecule has 1 heterocycles. The van der Waals surface area contributed by atoms with Crippen molar-refractivity contribution in [2.45, 2.75) is 6.54 Å². The van der Waals surface area contributed by atoms with E-state index >= 15 is 0 Å². The van der Waals surface area contributed by atoms with Crippen molar-refractivity contribution in [3.8, 4) is 0 Å². The monoisotopic (exact) mass is 332 g/mol. The van der Waals surface area contributed by atoms with Gasteiger partial charge in [-0.1, -0.05) is 41.9 Å². The molecule has 0 aliphatic carbocycles. The van der Waals surface area contributed by atoms with Gasteiger partial charge < -0.3 is 5.32 Å². The smallest absolute Gasteiger partial charge is 0.271 e. The Morgan fingerprint density at radius 1 is 1.13 bits per heavy atom. The highest BCUT2D eigenvalue weighted by Crippen LogP contribution is 2.36. The van der Waals surface area contributed by atoms with Crippen LogP contribution in [0.15, 0.2) is 48.5 Å². The van der Waals surface area contributed by atoms with Crippen LogP contribution in [0.25, 0.3) is 0 Å². The molecule has 0 atom stereocenters. The Morgan fingerprint density at radius 2 is 1.83 bits per heavy atom. The minimum atomic E-state index is -0.408. The Labute approximate surface area is 140 Å². The van der Waals surface area contributed by atoms with E-state index in [2.05, 4.69) is 17.4 Å². The van der Waals surface area contributed by atoms with Gasteiger partial charge in [0.15, 0.2) is 5.69 Å². The van der Waals surface area contributed by atoms with Crippen LogP contribution in [0, 0.1) is 10.1 Å². The lowest BCUT2D eigenvalue weighted by Gasteiger charge is -2.41. The summed E-state index contributed by atoms with van der Waals surface area (Å²) < 4.78 is 0.716. The third kappa shape index (κ3) is 3.37. The second-order valence-electron chi connectivity index (χ2n) is 5.88. The molecule has 2 aromatic rings. The second-order valence-corrected chi connectivity index (χ2v) is 6.29. The number of nitrogens with zero attached hydrogens (tertiary/aromatic N) is 2. The maximum absolute atomic E-state index is 10.9. The van der Waals surface area contributed by atoms with Crippen molar-refractivity contribution in [1.82, 2.24) is 9.80 Å². The van der Waals surface area contributed by atoms with Crippen LogP contribution in [0.5, 0.6) is 0 Å². The van der Waals surface area contributed by atoms with Crippen LogP contribution in [0.4, 0.5) is 11.4 Å².